The number of amides is 1. The molecule has 6 heteroatoms. The summed E-state index contributed by atoms with van der Waals surface area (Å²) >= 11 is 1.56. The Hall–Kier alpha value is -1.79. The molecule has 1 aliphatic rings. The average molecular weight is 330 g/mol. The molecule has 0 saturated carbocycles. The lowest BCUT2D eigenvalue weighted by atomic mass is 10.0. The molecule has 1 amide bonds. The number of thiophene rings is 1. The van der Waals surface area contributed by atoms with Gasteiger partial charge in [0, 0.05) is 30.2 Å². The second-order valence-corrected chi connectivity index (χ2v) is 7.01. The van der Waals surface area contributed by atoms with Crippen molar-refractivity contribution in [2.75, 3.05) is 20.6 Å². The maximum atomic E-state index is 12.8. The van der Waals surface area contributed by atoms with Crippen molar-refractivity contribution in [1.82, 2.24) is 19.8 Å². The minimum Gasteiger partial charge on any atom is -0.330 e. The van der Waals surface area contributed by atoms with E-state index < -0.39 is 0 Å². The van der Waals surface area contributed by atoms with Crippen LogP contribution in [0.25, 0.3) is 0 Å². The third kappa shape index (κ3) is 3.43. The summed E-state index contributed by atoms with van der Waals surface area (Å²) < 4.78 is 0. The van der Waals surface area contributed by atoms with Crippen molar-refractivity contribution < 1.29 is 4.79 Å². The van der Waals surface area contributed by atoms with Gasteiger partial charge >= 0.3 is 0 Å². The Morgan fingerprint density at radius 3 is 3.00 bits per heavy atom. The Morgan fingerprint density at radius 1 is 1.48 bits per heavy atom. The average Bonchev–Trinajstić information content (AvgIpc) is 3.19. The van der Waals surface area contributed by atoms with Crippen LogP contribution in [0, 0.1) is 6.92 Å². The molecule has 3 rings (SSSR count). The molecule has 1 atom stereocenters. The molecule has 0 aliphatic carbocycles. The highest BCUT2D eigenvalue weighted by molar-refractivity contribution is 7.08. The van der Waals surface area contributed by atoms with Crippen LogP contribution in [-0.2, 0) is 6.54 Å². The molecular formula is C17H22N4OS. The van der Waals surface area contributed by atoms with Gasteiger partial charge in [-0.2, -0.15) is 11.3 Å². The van der Waals surface area contributed by atoms with Gasteiger partial charge in [0.2, 0.25) is 0 Å². The van der Waals surface area contributed by atoms with Crippen molar-refractivity contribution in [2.45, 2.75) is 32.4 Å². The largest absolute Gasteiger partial charge is 0.330 e. The molecule has 2 aromatic rings. The Balaban J connectivity index is 1.93. The third-order valence-electron chi connectivity index (χ3n) is 4.10. The van der Waals surface area contributed by atoms with Gasteiger partial charge in [-0.1, -0.05) is 0 Å². The first-order chi connectivity index (χ1) is 11.1. The van der Waals surface area contributed by atoms with Gasteiger partial charge in [0.25, 0.3) is 5.91 Å². The predicted molar refractivity (Wildman–Crippen MR) is 91.5 cm³/mol. The van der Waals surface area contributed by atoms with E-state index in [-0.39, 0.29) is 11.9 Å². The van der Waals surface area contributed by atoms with Crippen LogP contribution < -0.4 is 0 Å². The summed E-state index contributed by atoms with van der Waals surface area (Å²) in [7, 11) is 4.07. The minimum atomic E-state index is 0.0547. The molecule has 0 N–H and O–H groups in total. The van der Waals surface area contributed by atoms with Gasteiger partial charge in [-0.25, -0.2) is 9.97 Å². The van der Waals surface area contributed by atoms with E-state index in [0.29, 0.717) is 0 Å². The zero-order valence-corrected chi connectivity index (χ0v) is 14.6. The fourth-order valence-corrected chi connectivity index (χ4v) is 3.74. The summed E-state index contributed by atoms with van der Waals surface area (Å²) in [6, 6.07) is 1.95. The SMILES string of the molecule is Cc1ncc(CN(C)C)c(C2CCCN2C(=O)c2ccsc2)n1. The van der Waals surface area contributed by atoms with E-state index in [1.807, 2.05) is 48.9 Å². The first kappa shape index (κ1) is 16.1. The van der Waals surface area contributed by atoms with E-state index in [4.69, 9.17) is 4.98 Å². The molecule has 3 heterocycles. The number of likely N-dealkylation sites (tertiary alicyclic amines) is 1. The maximum Gasteiger partial charge on any atom is 0.255 e. The van der Waals surface area contributed by atoms with Crippen molar-refractivity contribution in [2.24, 2.45) is 0 Å². The molecule has 0 bridgehead atoms. The molecule has 0 radical (unpaired) electrons. The van der Waals surface area contributed by atoms with Crippen molar-refractivity contribution in [3.63, 3.8) is 0 Å². The topological polar surface area (TPSA) is 49.3 Å². The molecule has 23 heavy (non-hydrogen) atoms. The highest BCUT2D eigenvalue weighted by Crippen LogP contribution is 2.34. The van der Waals surface area contributed by atoms with Crippen LogP contribution in [0.2, 0.25) is 0 Å². The van der Waals surface area contributed by atoms with Crippen LogP contribution in [0.4, 0.5) is 0 Å². The van der Waals surface area contributed by atoms with Crippen molar-refractivity contribution in [3.05, 3.63) is 45.7 Å². The van der Waals surface area contributed by atoms with E-state index in [1.54, 1.807) is 11.3 Å². The maximum absolute atomic E-state index is 12.8. The molecule has 0 spiro atoms. The van der Waals surface area contributed by atoms with Gasteiger partial charge in [-0.05, 0) is 45.3 Å². The van der Waals surface area contributed by atoms with Crippen molar-refractivity contribution in [1.29, 1.82) is 0 Å². The summed E-state index contributed by atoms with van der Waals surface area (Å²) in [5.41, 5.74) is 2.89. The summed E-state index contributed by atoms with van der Waals surface area (Å²) in [5.74, 6) is 0.873. The van der Waals surface area contributed by atoms with E-state index in [0.717, 1.165) is 48.6 Å². The number of aromatic nitrogens is 2. The summed E-state index contributed by atoms with van der Waals surface area (Å²) in [6.07, 6.45) is 3.89. The van der Waals surface area contributed by atoms with Crippen LogP contribution in [-0.4, -0.2) is 46.3 Å². The molecule has 1 unspecified atom stereocenters. The van der Waals surface area contributed by atoms with Gasteiger partial charge in [-0.3, -0.25) is 4.79 Å². The van der Waals surface area contributed by atoms with Gasteiger partial charge < -0.3 is 9.80 Å². The standard InChI is InChI=1S/C17H22N4OS/c1-12-18-9-14(10-20(2)3)16(19-12)15-5-4-7-21(15)17(22)13-6-8-23-11-13/h6,8-9,11,15H,4-5,7,10H2,1-3H3. The van der Waals surface area contributed by atoms with Crippen LogP contribution in [0.5, 0.6) is 0 Å². The van der Waals surface area contributed by atoms with E-state index in [9.17, 15) is 4.79 Å². The Morgan fingerprint density at radius 2 is 2.30 bits per heavy atom. The molecule has 2 aromatic heterocycles. The smallest absolute Gasteiger partial charge is 0.255 e. The van der Waals surface area contributed by atoms with E-state index >= 15 is 0 Å². The van der Waals surface area contributed by atoms with E-state index in [2.05, 4.69) is 9.88 Å². The van der Waals surface area contributed by atoms with Crippen molar-refractivity contribution >= 4 is 17.2 Å². The lowest BCUT2D eigenvalue weighted by Gasteiger charge is -2.26. The number of nitrogens with zero attached hydrogens (tertiary/aromatic N) is 4. The minimum absolute atomic E-state index is 0.0547. The number of rotatable bonds is 4. The van der Waals surface area contributed by atoms with Gasteiger partial charge in [0.15, 0.2) is 0 Å². The number of hydrogen-bond donors (Lipinski definition) is 0. The zero-order chi connectivity index (χ0) is 16.4. The third-order valence-corrected chi connectivity index (χ3v) is 4.79. The molecule has 1 aliphatic heterocycles. The van der Waals surface area contributed by atoms with Crippen LogP contribution in [0.3, 0.4) is 0 Å². The Kier molecular flexibility index (Phi) is 4.73. The first-order valence-electron chi connectivity index (χ1n) is 7.86. The monoisotopic (exact) mass is 330 g/mol. The number of carbonyl (C=O) groups is 1. The molecule has 122 valence electrons. The van der Waals surface area contributed by atoms with Crippen LogP contribution >= 0.6 is 11.3 Å². The predicted octanol–water partition coefficient (Wildman–Crippen LogP) is 2.89. The second-order valence-electron chi connectivity index (χ2n) is 6.23. The highest BCUT2D eigenvalue weighted by Gasteiger charge is 2.33. The van der Waals surface area contributed by atoms with Crippen LogP contribution in [0.15, 0.2) is 23.0 Å². The lowest BCUT2D eigenvalue weighted by Crippen LogP contribution is -2.32. The van der Waals surface area contributed by atoms with Crippen molar-refractivity contribution in [3.8, 4) is 0 Å². The Labute approximate surface area is 141 Å². The molecule has 1 fully saturated rings. The molecular weight excluding hydrogens is 308 g/mol. The summed E-state index contributed by atoms with van der Waals surface area (Å²) in [5, 5.41) is 3.87. The second kappa shape index (κ2) is 6.76. The molecule has 1 saturated heterocycles. The quantitative estimate of drug-likeness (QED) is 0.865. The summed E-state index contributed by atoms with van der Waals surface area (Å²) in [4.78, 5) is 25.9. The number of aryl methyl sites for hydroxylation is 1. The number of carbonyl (C=O) groups excluding carboxylic acids is 1. The van der Waals surface area contributed by atoms with Gasteiger partial charge in [0.05, 0.1) is 17.3 Å². The number of hydrogen-bond acceptors (Lipinski definition) is 5. The normalized spacial score (nSPS) is 17.9. The highest BCUT2D eigenvalue weighted by atomic mass is 32.1. The molecule has 0 aromatic carbocycles. The Bertz CT molecular complexity index is 684. The molecule has 5 nitrogen and oxygen atoms in total. The summed E-state index contributed by atoms with van der Waals surface area (Å²) in [6.45, 7) is 3.49. The fraction of sp³-hybridized carbons (Fsp3) is 0.471. The first-order valence-corrected chi connectivity index (χ1v) is 8.81. The lowest BCUT2D eigenvalue weighted by molar-refractivity contribution is 0.0732. The van der Waals surface area contributed by atoms with Gasteiger partial charge in [0.1, 0.15) is 5.82 Å². The van der Waals surface area contributed by atoms with Crippen LogP contribution in [0.1, 0.15) is 46.3 Å². The van der Waals surface area contributed by atoms with Gasteiger partial charge in [-0.15, -0.1) is 0 Å². The fourth-order valence-electron chi connectivity index (χ4n) is 3.11. The zero-order valence-electron chi connectivity index (χ0n) is 13.8. The van der Waals surface area contributed by atoms with E-state index in [1.165, 1.54) is 0 Å².